The van der Waals surface area contributed by atoms with Gasteiger partial charge in [-0.15, -0.1) is 0 Å². The van der Waals surface area contributed by atoms with E-state index in [9.17, 15) is 26.8 Å². The Kier molecular flexibility index (Phi) is 5.55. The topological polar surface area (TPSA) is 101 Å². The Labute approximate surface area is 199 Å². The molecule has 0 bridgehead atoms. The number of pyridine rings is 1. The summed E-state index contributed by atoms with van der Waals surface area (Å²) < 4.78 is 57.3. The molecule has 2 aromatic heterocycles. The van der Waals surface area contributed by atoms with Crippen molar-refractivity contribution >= 4 is 26.8 Å². The summed E-state index contributed by atoms with van der Waals surface area (Å²) in [5.74, 6) is -2.28. The molecule has 180 valence electrons. The average Bonchev–Trinajstić information content (AvgIpc) is 3.62. The molecule has 10 heteroatoms. The highest BCUT2D eigenvalue weighted by atomic mass is 32.2. The zero-order valence-electron chi connectivity index (χ0n) is 18.6. The summed E-state index contributed by atoms with van der Waals surface area (Å²) >= 11 is 0. The van der Waals surface area contributed by atoms with E-state index in [2.05, 4.69) is 9.71 Å². The first-order valence-corrected chi connectivity index (χ1v) is 12.5. The summed E-state index contributed by atoms with van der Waals surface area (Å²) in [6, 6.07) is 11.4. The number of sulfonamides is 1. The van der Waals surface area contributed by atoms with Crippen molar-refractivity contribution in [3.63, 3.8) is 0 Å². The lowest BCUT2D eigenvalue weighted by Crippen LogP contribution is -2.35. The number of nitrogens with one attached hydrogen (secondary N) is 2. The molecular formula is C25H21F2N3O4S. The highest BCUT2D eigenvalue weighted by Crippen LogP contribution is 2.36. The van der Waals surface area contributed by atoms with Crippen LogP contribution in [0.15, 0.2) is 59.5 Å². The fraction of sp³-hybridized carbons (Fsp3) is 0.200. The first kappa shape index (κ1) is 23.0. The van der Waals surface area contributed by atoms with Crippen molar-refractivity contribution in [3.8, 4) is 11.1 Å². The van der Waals surface area contributed by atoms with Crippen LogP contribution in [0.3, 0.4) is 0 Å². The molecule has 1 saturated carbocycles. The zero-order valence-corrected chi connectivity index (χ0v) is 19.5. The number of carbonyl (C=O) groups excluding carboxylic acids is 1. The zero-order chi connectivity index (χ0) is 24.9. The number of aromatic nitrogens is 2. The Hall–Kier alpha value is -3.79. The fourth-order valence-electron chi connectivity index (χ4n) is 4.22. The second-order valence-corrected chi connectivity index (χ2v) is 10.6. The third kappa shape index (κ3) is 4.25. The molecule has 1 aliphatic carbocycles. The summed E-state index contributed by atoms with van der Waals surface area (Å²) in [5.41, 5.74) is 1.01. The number of hydrogen-bond donors (Lipinski definition) is 2. The highest BCUT2D eigenvalue weighted by Gasteiger charge is 2.38. The van der Waals surface area contributed by atoms with Crippen LogP contribution in [0.5, 0.6) is 0 Å². The lowest BCUT2D eigenvalue weighted by Gasteiger charge is -2.14. The molecule has 1 aliphatic rings. The van der Waals surface area contributed by atoms with Crippen molar-refractivity contribution in [1.29, 1.82) is 0 Å². The van der Waals surface area contributed by atoms with Gasteiger partial charge in [0.2, 0.25) is 10.0 Å². The molecule has 0 saturated heterocycles. The third-order valence-corrected chi connectivity index (χ3v) is 7.88. The lowest BCUT2D eigenvalue weighted by molar-refractivity contribution is 0.0974. The van der Waals surface area contributed by atoms with Crippen LogP contribution in [0.4, 0.5) is 8.78 Å². The van der Waals surface area contributed by atoms with Crippen LogP contribution < -0.4 is 10.3 Å². The molecule has 7 nitrogen and oxygen atoms in total. The summed E-state index contributed by atoms with van der Waals surface area (Å²) in [4.78, 5) is 28.8. The molecule has 2 heterocycles. The van der Waals surface area contributed by atoms with Gasteiger partial charge in [0, 0.05) is 33.8 Å². The maximum atomic E-state index is 14.6. The standard InChI is InChI=1S/C25H21F2N3O4S/c1-14-4-8-18-21(11-14)30(13-15-12-16(26)5-9-20(15)27)23(22(18)19-3-2-10-28-24(19)31)25(32)29-35(33,34)17-6-7-17/h2-5,8-12,17H,6-7,13H2,1H3,(H,28,31)(H,29,32). The van der Waals surface area contributed by atoms with Crippen molar-refractivity contribution in [2.75, 3.05) is 0 Å². The minimum Gasteiger partial charge on any atom is -0.331 e. The molecule has 2 N–H and O–H groups in total. The number of carbonyl (C=O) groups is 1. The van der Waals surface area contributed by atoms with E-state index in [-0.39, 0.29) is 28.9 Å². The first-order valence-electron chi connectivity index (χ1n) is 11.0. The molecule has 0 spiro atoms. The number of halogens is 2. The highest BCUT2D eigenvalue weighted by molar-refractivity contribution is 7.91. The monoisotopic (exact) mass is 497 g/mol. The minimum absolute atomic E-state index is 0.0315. The number of hydrogen-bond acceptors (Lipinski definition) is 4. The summed E-state index contributed by atoms with van der Waals surface area (Å²) in [6.07, 6.45) is 2.34. The van der Waals surface area contributed by atoms with Crippen molar-refractivity contribution in [2.45, 2.75) is 31.6 Å². The Morgan fingerprint density at radius 1 is 1.14 bits per heavy atom. The molecule has 4 aromatic rings. The second-order valence-electron chi connectivity index (χ2n) is 8.65. The minimum atomic E-state index is -3.93. The predicted molar refractivity (Wildman–Crippen MR) is 128 cm³/mol. The van der Waals surface area contributed by atoms with Crippen LogP contribution in [0.1, 0.15) is 34.5 Å². The Bertz CT molecular complexity index is 1650. The smallest absolute Gasteiger partial charge is 0.282 e. The molecule has 35 heavy (non-hydrogen) atoms. The van der Waals surface area contributed by atoms with Crippen LogP contribution >= 0.6 is 0 Å². The van der Waals surface area contributed by atoms with Crippen molar-refractivity contribution in [1.82, 2.24) is 14.3 Å². The number of aryl methyl sites for hydroxylation is 1. The molecule has 1 amide bonds. The summed E-state index contributed by atoms with van der Waals surface area (Å²) in [6.45, 7) is 1.56. The van der Waals surface area contributed by atoms with Crippen molar-refractivity contribution in [3.05, 3.63) is 93.5 Å². The van der Waals surface area contributed by atoms with E-state index in [0.29, 0.717) is 23.7 Å². The second kappa shape index (κ2) is 8.46. The van der Waals surface area contributed by atoms with Crippen molar-refractivity contribution in [2.24, 2.45) is 0 Å². The van der Waals surface area contributed by atoms with Crippen LogP contribution in [-0.2, 0) is 16.6 Å². The average molecular weight is 498 g/mol. The van der Waals surface area contributed by atoms with Crippen LogP contribution in [0.25, 0.3) is 22.0 Å². The van der Waals surface area contributed by atoms with Gasteiger partial charge in [-0.05, 0) is 61.7 Å². The lowest BCUT2D eigenvalue weighted by atomic mass is 10.0. The fourth-order valence-corrected chi connectivity index (χ4v) is 5.50. The predicted octanol–water partition coefficient (Wildman–Crippen LogP) is 3.85. The largest absolute Gasteiger partial charge is 0.331 e. The van der Waals surface area contributed by atoms with Gasteiger partial charge >= 0.3 is 0 Å². The Balaban J connectivity index is 1.81. The van der Waals surface area contributed by atoms with Gasteiger partial charge in [-0.25, -0.2) is 21.9 Å². The molecule has 2 aromatic carbocycles. The number of rotatable bonds is 6. The number of fused-ring (bicyclic) bond motifs is 1. The van der Waals surface area contributed by atoms with Crippen LogP contribution in [-0.4, -0.2) is 29.1 Å². The molecule has 5 rings (SSSR count). The van der Waals surface area contributed by atoms with Gasteiger partial charge in [0.05, 0.1) is 11.8 Å². The van der Waals surface area contributed by atoms with E-state index in [4.69, 9.17) is 0 Å². The Morgan fingerprint density at radius 3 is 2.63 bits per heavy atom. The van der Waals surface area contributed by atoms with Gasteiger partial charge in [-0.1, -0.05) is 12.1 Å². The van der Waals surface area contributed by atoms with Crippen LogP contribution in [0.2, 0.25) is 0 Å². The summed E-state index contributed by atoms with van der Waals surface area (Å²) in [7, 11) is -3.93. The van der Waals surface area contributed by atoms with Gasteiger partial charge in [0.15, 0.2) is 0 Å². The molecule has 0 atom stereocenters. The van der Waals surface area contributed by atoms with E-state index in [1.165, 1.54) is 16.8 Å². The number of benzene rings is 2. The van der Waals surface area contributed by atoms with E-state index < -0.39 is 38.4 Å². The van der Waals surface area contributed by atoms with E-state index >= 15 is 0 Å². The molecule has 0 unspecified atom stereocenters. The maximum Gasteiger partial charge on any atom is 0.282 e. The number of H-pyrrole nitrogens is 1. The van der Waals surface area contributed by atoms with Gasteiger partial charge in [-0.2, -0.15) is 0 Å². The maximum absolute atomic E-state index is 14.6. The van der Waals surface area contributed by atoms with Gasteiger partial charge in [0.1, 0.15) is 17.3 Å². The van der Waals surface area contributed by atoms with Gasteiger partial charge in [-0.3, -0.25) is 9.59 Å². The summed E-state index contributed by atoms with van der Waals surface area (Å²) in [5, 5.41) is -0.158. The first-order chi connectivity index (χ1) is 16.7. The van der Waals surface area contributed by atoms with Gasteiger partial charge < -0.3 is 9.55 Å². The number of amides is 1. The molecular weight excluding hydrogens is 476 g/mol. The Morgan fingerprint density at radius 2 is 1.91 bits per heavy atom. The van der Waals surface area contributed by atoms with Crippen molar-refractivity contribution < 1.29 is 22.0 Å². The van der Waals surface area contributed by atoms with E-state index in [0.717, 1.165) is 23.8 Å². The van der Waals surface area contributed by atoms with E-state index in [1.54, 1.807) is 24.3 Å². The quantitative estimate of drug-likeness (QED) is 0.423. The van der Waals surface area contributed by atoms with Crippen LogP contribution in [0, 0.1) is 18.6 Å². The van der Waals surface area contributed by atoms with E-state index in [1.807, 2.05) is 6.92 Å². The SMILES string of the molecule is Cc1ccc2c(-c3ccc[nH]c3=O)c(C(=O)NS(=O)(=O)C3CC3)n(Cc3cc(F)ccc3F)c2c1. The molecule has 1 fully saturated rings. The molecule has 0 aliphatic heterocycles. The number of aromatic amines is 1. The van der Waals surface area contributed by atoms with Gasteiger partial charge in [0.25, 0.3) is 11.5 Å². The molecule has 0 radical (unpaired) electrons. The normalized spacial score (nSPS) is 13.8. The number of nitrogens with zero attached hydrogens (tertiary/aromatic N) is 1. The third-order valence-electron chi connectivity index (χ3n) is 6.06.